The Morgan fingerprint density at radius 1 is 1.21 bits per heavy atom. The van der Waals surface area contributed by atoms with E-state index in [1.54, 1.807) is 0 Å². The van der Waals surface area contributed by atoms with E-state index in [4.69, 9.17) is 4.52 Å². The SMILES string of the molecule is CCNC(=NCc1cccc(Br)c1)NCc1c(CC)noc1CC. The van der Waals surface area contributed by atoms with Crippen molar-refractivity contribution in [3.05, 3.63) is 51.3 Å². The van der Waals surface area contributed by atoms with Gasteiger partial charge in [0, 0.05) is 29.5 Å². The molecular weight excluding hydrogens is 368 g/mol. The minimum atomic E-state index is 0.625. The zero-order valence-corrected chi connectivity index (χ0v) is 16.1. The van der Waals surface area contributed by atoms with Gasteiger partial charge in [-0.15, -0.1) is 0 Å². The molecule has 1 heterocycles. The third-order valence-electron chi connectivity index (χ3n) is 3.69. The quantitative estimate of drug-likeness (QED) is 0.555. The minimum absolute atomic E-state index is 0.625. The van der Waals surface area contributed by atoms with Gasteiger partial charge in [-0.05, 0) is 31.0 Å². The summed E-state index contributed by atoms with van der Waals surface area (Å²) in [6.07, 6.45) is 1.71. The number of aliphatic imine (C=N–C) groups is 1. The number of rotatable bonds is 7. The molecule has 2 aromatic rings. The highest BCUT2D eigenvalue weighted by atomic mass is 79.9. The lowest BCUT2D eigenvalue weighted by atomic mass is 10.1. The standard InChI is InChI=1S/C18H25BrN4O/c1-4-16-15(17(5-2)24-23-16)12-22-18(20-6-3)21-11-13-8-7-9-14(19)10-13/h7-10H,4-6,11-12H2,1-3H3,(H2,20,21,22). The molecule has 0 aliphatic carbocycles. The maximum Gasteiger partial charge on any atom is 0.191 e. The number of halogens is 1. The van der Waals surface area contributed by atoms with Crippen LogP contribution in [0, 0.1) is 0 Å². The fourth-order valence-corrected chi connectivity index (χ4v) is 2.90. The van der Waals surface area contributed by atoms with Crippen molar-refractivity contribution in [2.45, 2.75) is 46.7 Å². The van der Waals surface area contributed by atoms with Crippen LogP contribution in [0.25, 0.3) is 0 Å². The van der Waals surface area contributed by atoms with E-state index >= 15 is 0 Å². The van der Waals surface area contributed by atoms with Gasteiger partial charge in [0.1, 0.15) is 5.76 Å². The molecule has 0 saturated carbocycles. The first-order chi connectivity index (χ1) is 11.7. The fraction of sp³-hybridized carbons (Fsp3) is 0.444. The van der Waals surface area contributed by atoms with Gasteiger partial charge in [0.2, 0.25) is 0 Å². The molecule has 1 aromatic carbocycles. The van der Waals surface area contributed by atoms with Crippen molar-refractivity contribution in [3.63, 3.8) is 0 Å². The van der Waals surface area contributed by atoms with Crippen molar-refractivity contribution < 1.29 is 4.52 Å². The van der Waals surface area contributed by atoms with Crippen LogP contribution >= 0.6 is 15.9 Å². The first-order valence-electron chi connectivity index (χ1n) is 8.40. The lowest BCUT2D eigenvalue weighted by molar-refractivity contribution is 0.380. The fourth-order valence-electron chi connectivity index (χ4n) is 2.46. The number of nitrogens with one attached hydrogen (secondary N) is 2. The van der Waals surface area contributed by atoms with Gasteiger partial charge in [0.25, 0.3) is 0 Å². The van der Waals surface area contributed by atoms with E-state index in [9.17, 15) is 0 Å². The van der Waals surface area contributed by atoms with Crippen LogP contribution in [0.3, 0.4) is 0 Å². The van der Waals surface area contributed by atoms with E-state index in [1.165, 1.54) is 0 Å². The van der Waals surface area contributed by atoms with Crippen LogP contribution < -0.4 is 10.6 Å². The van der Waals surface area contributed by atoms with Gasteiger partial charge >= 0.3 is 0 Å². The van der Waals surface area contributed by atoms with E-state index in [0.717, 1.165) is 52.4 Å². The van der Waals surface area contributed by atoms with Gasteiger partial charge in [-0.1, -0.05) is 47.1 Å². The zero-order chi connectivity index (χ0) is 17.4. The van der Waals surface area contributed by atoms with Gasteiger partial charge in [-0.25, -0.2) is 4.99 Å². The molecule has 5 nitrogen and oxygen atoms in total. The van der Waals surface area contributed by atoms with E-state index in [0.29, 0.717) is 13.1 Å². The van der Waals surface area contributed by atoms with E-state index in [1.807, 2.05) is 12.1 Å². The first kappa shape index (κ1) is 18.5. The molecule has 0 bridgehead atoms. The van der Waals surface area contributed by atoms with Gasteiger partial charge in [-0.3, -0.25) is 0 Å². The highest BCUT2D eigenvalue weighted by Crippen LogP contribution is 2.15. The van der Waals surface area contributed by atoms with Crippen molar-refractivity contribution in [1.29, 1.82) is 0 Å². The Morgan fingerprint density at radius 3 is 2.71 bits per heavy atom. The Balaban J connectivity index is 2.05. The molecule has 24 heavy (non-hydrogen) atoms. The van der Waals surface area contributed by atoms with Crippen molar-refractivity contribution in [2.24, 2.45) is 4.99 Å². The largest absolute Gasteiger partial charge is 0.361 e. The molecule has 0 saturated heterocycles. The second-order valence-corrected chi connectivity index (χ2v) is 6.33. The summed E-state index contributed by atoms with van der Waals surface area (Å²) in [5, 5.41) is 10.8. The van der Waals surface area contributed by atoms with Crippen LogP contribution in [0.1, 0.15) is 43.4 Å². The summed E-state index contributed by atoms with van der Waals surface area (Å²) in [6, 6.07) is 8.19. The monoisotopic (exact) mass is 392 g/mol. The number of hydrogen-bond donors (Lipinski definition) is 2. The summed E-state index contributed by atoms with van der Waals surface area (Å²) >= 11 is 3.49. The summed E-state index contributed by atoms with van der Waals surface area (Å²) in [6.45, 7) is 8.34. The highest BCUT2D eigenvalue weighted by Gasteiger charge is 2.13. The Hall–Kier alpha value is -1.82. The number of hydrogen-bond acceptors (Lipinski definition) is 3. The Labute approximate surface area is 152 Å². The molecular formula is C18H25BrN4O. The maximum absolute atomic E-state index is 5.42. The van der Waals surface area contributed by atoms with E-state index < -0.39 is 0 Å². The molecule has 0 atom stereocenters. The van der Waals surface area contributed by atoms with Crippen molar-refractivity contribution in [1.82, 2.24) is 15.8 Å². The molecule has 0 aliphatic rings. The molecule has 0 unspecified atom stereocenters. The molecule has 130 valence electrons. The van der Waals surface area contributed by atoms with Crippen molar-refractivity contribution in [2.75, 3.05) is 6.54 Å². The normalized spacial score (nSPS) is 11.6. The van der Waals surface area contributed by atoms with Crippen LogP contribution in [-0.2, 0) is 25.9 Å². The molecule has 2 rings (SSSR count). The minimum Gasteiger partial charge on any atom is -0.361 e. The molecule has 0 aliphatic heterocycles. The summed E-state index contributed by atoms with van der Waals surface area (Å²) in [5.74, 6) is 1.74. The van der Waals surface area contributed by atoms with E-state index in [2.05, 4.69) is 69.6 Å². The topological polar surface area (TPSA) is 62.5 Å². The van der Waals surface area contributed by atoms with Crippen LogP contribution in [0.5, 0.6) is 0 Å². The zero-order valence-electron chi connectivity index (χ0n) is 14.5. The highest BCUT2D eigenvalue weighted by molar-refractivity contribution is 9.10. The Kier molecular flexibility index (Phi) is 7.31. The summed E-state index contributed by atoms with van der Waals surface area (Å²) in [7, 11) is 0. The number of guanidine groups is 1. The molecule has 1 aromatic heterocycles. The van der Waals surface area contributed by atoms with E-state index in [-0.39, 0.29) is 0 Å². The number of benzene rings is 1. The number of aromatic nitrogens is 1. The van der Waals surface area contributed by atoms with Gasteiger partial charge < -0.3 is 15.2 Å². The van der Waals surface area contributed by atoms with Gasteiger partial charge in [-0.2, -0.15) is 0 Å². The summed E-state index contributed by atoms with van der Waals surface area (Å²) < 4.78 is 6.48. The molecule has 6 heteroatoms. The Morgan fingerprint density at radius 2 is 2.04 bits per heavy atom. The smallest absolute Gasteiger partial charge is 0.191 e. The predicted molar refractivity (Wildman–Crippen MR) is 101 cm³/mol. The van der Waals surface area contributed by atoms with Crippen LogP contribution in [0.15, 0.2) is 38.3 Å². The summed E-state index contributed by atoms with van der Waals surface area (Å²) in [5.41, 5.74) is 3.32. The van der Waals surface area contributed by atoms with Crippen LogP contribution in [-0.4, -0.2) is 17.7 Å². The third kappa shape index (κ3) is 5.09. The molecule has 2 N–H and O–H groups in total. The van der Waals surface area contributed by atoms with Crippen LogP contribution in [0.4, 0.5) is 0 Å². The van der Waals surface area contributed by atoms with Crippen LogP contribution in [0.2, 0.25) is 0 Å². The average Bonchev–Trinajstić information content (AvgIpc) is 2.99. The molecule has 0 spiro atoms. The lowest BCUT2D eigenvalue weighted by Crippen LogP contribution is -2.37. The Bertz CT molecular complexity index is 660. The number of aryl methyl sites for hydroxylation is 2. The molecule has 0 amide bonds. The van der Waals surface area contributed by atoms with Crippen molar-refractivity contribution >= 4 is 21.9 Å². The predicted octanol–water partition coefficient (Wildman–Crippen LogP) is 3.82. The van der Waals surface area contributed by atoms with Crippen molar-refractivity contribution in [3.8, 4) is 0 Å². The third-order valence-corrected chi connectivity index (χ3v) is 4.19. The number of nitrogens with zero attached hydrogens (tertiary/aromatic N) is 2. The van der Waals surface area contributed by atoms with Gasteiger partial charge in [0.15, 0.2) is 5.96 Å². The second-order valence-electron chi connectivity index (χ2n) is 5.42. The summed E-state index contributed by atoms with van der Waals surface area (Å²) in [4.78, 5) is 4.66. The van der Waals surface area contributed by atoms with Gasteiger partial charge in [0.05, 0.1) is 12.2 Å². The first-order valence-corrected chi connectivity index (χ1v) is 9.20. The molecule has 0 fully saturated rings. The second kappa shape index (κ2) is 9.47. The lowest BCUT2D eigenvalue weighted by Gasteiger charge is -2.11. The average molecular weight is 393 g/mol. The maximum atomic E-state index is 5.42. The molecule has 0 radical (unpaired) electrons.